The third kappa shape index (κ3) is 6.66. The summed E-state index contributed by atoms with van der Waals surface area (Å²) >= 11 is 1.80. The van der Waals surface area contributed by atoms with Gasteiger partial charge >= 0.3 is 0 Å². The van der Waals surface area contributed by atoms with Gasteiger partial charge in [0.1, 0.15) is 0 Å². The maximum atomic E-state index is 8.69. The second-order valence-corrected chi connectivity index (χ2v) is 4.19. The van der Waals surface area contributed by atoms with Gasteiger partial charge in [-0.05, 0) is 23.3 Å². The van der Waals surface area contributed by atoms with Gasteiger partial charge < -0.3 is 10.2 Å². The summed E-state index contributed by atoms with van der Waals surface area (Å²) in [5.41, 5.74) is 0. The maximum Gasteiger partial charge on any atom is 0.0464 e. The first-order chi connectivity index (χ1) is 5.20. The zero-order valence-electron chi connectivity index (χ0n) is 7.29. The highest BCUT2D eigenvalue weighted by molar-refractivity contribution is 7.99. The molecule has 0 aliphatic rings. The fourth-order valence-corrected chi connectivity index (χ4v) is 1.73. The molecule has 0 bridgehead atoms. The molecule has 3 heteroatoms. The molecule has 2 unspecified atom stereocenters. The standard InChI is InChI=1S/C8H18O2S/c1-7(3-9)5-11-6-8(2)4-10/h7-10H,3-6H2,1-2H3. The van der Waals surface area contributed by atoms with Gasteiger partial charge in [0.05, 0.1) is 0 Å². The van der Waals surface area contributed by atoms with Crippen LogP contribution in [-0.2, 0) is 0 Å². The molecule has 2 atom stereocenters. The van der Waals surface area contributed by atoms with Gasteiger partial charge in [-0.15, -0.1) is 0 Å². The lowest BCUT2D eigenvalue weighted by atomic mass is 10.2. The van der Waals surface area contributed by atoms with Gasteiger partial charge in [-0.1, -0.05) is 13.8 Å². The third-order valence-corrected chi connectivity index (χ3v) is 3.04. The zero-order chi connectivity index (χ0) is 8.69. The minimum atomic E-state index is 0.264. The van der Waals surface area contributed by atoms with Crippen LogP contribution in [-0.4, -0.2) is 34.9 Å². The van der Waals surface area contributed by atoms with Gasteiger partial charge in [0.15, 0.2) is 0 Å². The molecular weight excluding hydrogens is 160 g/mol. The second kappa shape index (κ2) is 6.95. The number of rotatable bonds is 6. The summed E-state index contributed by atoms with van der Waals surface area (Å²) < 4.78 is 0. The van der Waals surface area contributed by atoms with Crippen molar-refractivity contribution < 1.29 is 10.2 Å². The van der Waals surface area contributed by atoms with E-state index in [9.17, 15) is 0 Å². The fourth-order valence-electron chi connectivity index (χ4n) is 0.576. The van der Waals surface area contributed by atoms with Crippen LogP contribution >= 0.6 is 11.8 Å². The highest BCUT2D eigenvalue weighted by atomic mass is 32.2. The number of aliphatic hydroxyl groups is 2. The summed E-state index contributed by atoms with van der Waals surface area (Å²) in [5.74, 6) is 2.73. The van der Waals surface area contributed by atoms with Crippen LogP contribution in [0.1, 0.15) is 13.8 Å². The Morgan fingerprint density at radius 1 is 1.00 bits per heavy atom. The predicted octanol–water partition coefficient (Wildman–Crippen LogP) is 0.976. The summed E-state index contributed by atoms with van der Waals surface area (Å²) in [6.07, 6.45) is 0. The molecule has 68 valence electrons. The first-order valence-electron chi connectivity index (χ1n) is 4.00. The van der Waals surface area contributed by atoms with Crippen molar-refractivity contribution in [2.24, 2.45) is 11.8 Å². The predicted molar refractivity (Wildman–Crippen MR) is 49.8 cm³/mol. The molecule has 0 spiro atoms. The van der Waals surface area contributed by atoms with Crippen molar-refractivity contribution in [3.05, 3.63) is 0 Å². The van der Waals surface area contributed by atoms with Crippen molar-refractivity contribution in [3.8, 4) is 0 Å². The molecule has 2 nitrogen and oxygen atoms in total. The van der Waals surface area contributed by atoms with E-state index in [2.05, 4.69) is 0 Å². The summed E-state index contributed by atoms with van der Waals surface area (Å²) in [6, 6.07) is 0. The van der Waals surface area contributed by atoms with Crippen LogP contribution in [0, 0.1) is 11.8 Å². The quantitative estimate of drug-likeness (QED) is 0.637. The number of hydrogen-bond acceptors (Lipinski definition) is 3. The van der Waals surface area contributed by atoms with Gasteiger partial charge in [0.25, 0.3) is 0 Å². The van der Waals surface area contributed by atoms with Gasteiger partial charge in [-0.3, -0.25) is 0 Å². The minimum Gasteiger partial charge on any atom is -0.396 e. The van der Waals surface area contributed by atoms with Crippen LogP contribution in [0.4, 0.5) is 0 Å². The molecule has 0 heterocycles. The smallest absolute Gasteiger partial charge is 0.0464 e. The van der Waals surface area contributed by atoms with Crippen LogP contribution in [0.2, 0.25) is 0 Å². The molecule has 0 amide bonds. The van der Waals surface area contributed by atoms with E-state index in [1.807, 2.05) is 13.8 Å². The third-order valence-electron chi connectivity index (χ3n) is 1.43. The zero-order valence-corrected chi connectivity index (χ0v) is 8.10. The lowest BCUT2D eigenvalue weighted by Crippen LogP contribution is -2.08. The lowest BCUT2D eigenvalue weighted by Gasteiger charge is -2.09. The molecule has 11 heavy (non-hydrogen) atoms. The summed E-state index contributed by atoms with van der Waals surface area (Å²) in [4.78, 5) is 0. The Hall–Kier alpha value is 0.270. The van der Waals surface area contributed by atoms with E-state index < -0.39 is 0 Å². The van der Waals surface area contributed by atoms with Crippen LogP contribution < -0.4 is 0 Å². The van der Waals surface area contributed by atoms with E-state index in [-0.39, 0.29) is 13.2 Å². The molecule has 0 saturated carbocycles. The largest absolute Gasteiger partial charge is 0.396 e. The summed E-state index contributed by atoms with van der Waals surface area (Å²) in [7, 11) is 0. The molecule has 0 aliphatic heterocycles. The first-order valence-corrected chi connectivity index (χ1v) is 5.15. The van der Waals surface area contributed by atoms with Crippen LogP contribution in [0.5, 0.6) is 0 Å². The molecule has 0 fully saturated rings. The molecule has 0 aliphatic carbocycles. The van der Waals surface area contributed by atoms with Crippen LogP contribution in [0.3, 0.4) is 0 Å². The monoisotopic (exact) mass is 178 g/mol. The molecular formula is C8H18O2S. The Bertz CT molecular complexity index is 78.2. The number of aliphatic hydroxyl groups excluding tert-OH is 2. The maximum absolute atomic E-state index is 8.69. The number of hydrogen-bond donors (Lipinski definition) is 2. The van der Waals surface area contributed by atoms with Crippen molar-refractivity contribution in [2.45, 2.75) is 13.8 Å². The SMILES string of the molecule is CC(CO)CSCC(C)CO. The number of thioether (sulfide) groups is 1. The average molecular weight is 178 g/mol. The van der Waals surface area contributed by atoms with E-state index in [0.29, 0.717) is 11.8 Å². The van der Waals surface area contributed by atoms with E-state index in [1.54, 1.807) is 11.8 Å². The van der Waals surface area contributed by atoms with Gasteiger partial charge in [0, 0.05) is 13.2 Å². The first kappa shape index (κ1) is 11.3. The Labute approximate surface area is 73.0 Å². The Morgan fingerprint density at radius 3 is 1.64 bits per heavy atom. The molecule has 0 aromatic carbocycles. The molecule has 0 aromatic heterocycles. The highest BCUT2D eigenvalue weighted by Crippen LogP contribution is 2.11. The van der Waals surface area contributed by atoms with E-state index in [4.69, 9.17) is 10.2 Å². The molecule has 0 saturated heterocycles. The van der Waals surface area contributed by atoms with Crippen molar-refractivity contribution in [1.82, 2.24) is 0 Å². The molecule has 0 aromatic rings. The van der Waals surface area contributed by atoms with E-state index in [1.165, 1.54) is 0 Å². The molecule has 2 N–H and O–H groups in total. The van der Waals surface area contributed by atoms with Crippen LogP contribution in [0.25, 0.3) is 0 Å². The van der Waals surface area contributed by atoms with Crippen LogP contribution in [0.15, 0.2) is 0 Å². The Kier molecular flexibility index (Phi) is 7.12. The average Bonchev–Trinajstić information content (AvgIpc) is 2.04. The Balaban J connectivity index is 3.13. The summed E-state index contributed by atoms with van der Waals surface area (Å²) in [5, 5.41) is 17.4. The topological polar surface area (TPSA) is 40.5 Å². The van der Waals surface area contributed by atoms with Gasteiger partial charge in [0.2, 0.25) is 0 Å². The van der Waals surface area contributed by atoms with Crippen molar-refractivity contribution >= 4 is 11.8 Å². The lowest BCUT2D eigenvalue weighted by molar-refractivity contribution is 0.248. The van der Waals surface area contributed by atoms with Crippen molar-refractivity contribution in [1.29, 1.82) is 0 Å². The molecule has 0 radical (unpaired) electrons. The van der Waals surface area contributed by atoms with E-state index >= 15 is 0 Å². The Morgan fingerprint density at radius 2 is 1.36 bits per heavy atom. The van der Waals surface area contributed by atoms with Crippen molar-refractivity contribution in [3.63, 3.8) is 0 Å². The highest BCUT2D eigenvalue weighted by Gasteiger charge is 2.02. The van der Waals surface area contributed by atoms with Gasteiger partial charge in [-0.25, -0.2) is 0 Å². The van der Waals surface area contributed by atoms with Gasteiger partial charge in [-0.2, -0.15) is 11.8 Å². The summed E-state index contributed by atoms with van der Waals surface area (Å²) in [6.45, 7) is 4.58. The minimum absolute atomic E-state index is 0.264. The normalized spacial score (nSPS) is 16.4. The van der Waals surface area contributed by atoms with Crippen molar-refractivity contribution in [2.75, 3.05) is 24.7 Å². The second-order valence-electron chi connectivity index (χ2n) is 3.11. The molecule has 0 rings (SSSR count). The van der Waals surface area contributed by atoms with E-state index in [0.717, 1.165) is 11.5 Å². The fraction of sp³-hybridized carbons (Fsp3) is 1.00.